The molecule has 2 aromatic carbocycles. The van der Waals surface area contributed by atoms with Crippen LogP contribution in [-0.4, -0.2) is 56.0 Å². The van der Waals surface area contributed by atoms with E-state index >= 15 is 4.39 Å². The van der Waals surface area contributed by atoms with Crippen molar-refractivity contribution in [3.05, 3.63) is 76.0 Å². The highest BCUT2D eigenvalue weighted by atomic mass is 31.0. The van der Waals surface area contributed by atoms with Gasteiger partial charge in [-0.1, -0.05) is 12.6 Å². The van der Waals surface area contributed by atoms with Crippen molar-refractivity contribution in [2.75, 3.05) is 24.5 Å². The van der Waals surface area contributed by atoms with E-state index in [0.717, 1.165) is 70.4 Å². The van der Waals surface area contributed by atoms with E-state index < -0.39 is 5.69 Å². The fraction of sp³-hybridized carbons (Fsp3) is 0.382. The average Bonchev–Trinajstić information content (AvgIpc) is 3.96. The molecule has 1 unspecified atom stereocenters. The number of hydrogen-bond acceptors (Lipinski definition) is 7. The lowest BCUT2D eigenvalue weighted by Crippen LogP contribution is -2.54. The molecule has 1 amide bonds. The molecule has 2 saturated carbocycles. The summed E-state index contributed by atoms with van der Waals surface area (Å²) in [6.45, 7) is 9.37. The quantitative estimate of drug-likeness (QED) is 0.236. The van der Waals surface area contributed by atoms with E-state index in [4.69, 9.17) is 19.7 Å². The molecule has 45 heavy (non-hydrogen) atoms. The molecule has 2 aliphatic carbocycles. The molecule has 2 aliphatic heterocycles. The summed E-state index contributed by atoms with van der Waals surface area (Å²) in [5.41, 5.74) is 5.95. The molecule has 0 spiro atoms. The fourth-order valence-electron chi connectivity index (χ4n) is 7.10. The number of carbonyl (C=O) groups excluding carboxylic acids is 1. The lowest BCUT2D eigenvalue weighted by atomic mass is 9.91. The highest BCUT2D eigenvalue weighted by molar-refractivity contribution is 7.28. The molecule has 4 aliphatic rings. The van der Waals surface area contributed by atoms with Crippen LogP contribution in [0.5, 0.6) is 5.75 Å². The Bertz CT molecular complexity index is 1970. The van der Waals surface area contributed by atoms with E-state index in [9.17, 15) is 9.59 Å². The Morgan fingerprint density at radius 2 is 1.82 bits per heavy atom. The van der Waals surface area contributed by atoms with Crippen LogP contribution in [0.2, 0.25) is 0 Å². The number of aryl methyl sites for hydroxylation is 1. The lowest BCUT2D eigenvalue weighted by molar-refractivity contribution is -0.126. The number of fused-ring (bicyclic) bond motifs is 5. The van der Waals surface area contributed by atoms with Gasteiger partial charge in [-0.05, 0) is 68.9 Å². The summed E-state index contributed by atoms with van der Waals surface area (Å²) in [6, 6.07) is 5.17. The van der Waals surface area contributed by atoms with Crippen LogP contribution in [0.25, 0.3) is 27.7 Å². The largest absolute Gasteiger partial charge is 0.486 e. The van der Waals surface area contributed by atoms with Crippen LogP contribution in [-0.2, 0) is 11.4 Å². The summed E-state index contributed by atoms with van der Waals surface area (Å²) in [6.07, 6.45) is 6.99. The molecular weight excluding hydrogens is 590 g/mol. The second kappa shape index (κ2) is 10.4. The van der Waals surface area contributed by atoms with Crippen LogP contribution in [0.1, 0.15) is 67.0 Å². The first-order chi connectivity index (χ1) is 21.8. The molecule has 0 bridgehead atoms. The van der Waals surface area contributed by atoms with Crippen molar-refractivity contribution in [2.24, 2.45) is 0 Å². The molecule has 230 valence electrons. The Morgan fingerprint density at radius 3 is 2.47 bits per heavy atom. The maximum Gasteiger partial charge on any atom is 0.354 e. The molecule has 11 heteroatoms. The van der Waals surface area contributed by atoms with Crippen LogP contribution in [0.3, 0.4) is 0 Å². The average molecular weight is 625 g/mol. The first-order valence-corrected chi connectivity index (χ1v) is 16.2. The van der Waals surface area contributed by atoms with E-state index in [1.165, 1.54) is 12.1 Å². The van der Waals surface area contributed by atoms with Crippen LogP contribution in [0.15, 0.2) is 42.0 Å². The van der Waals surface area contributed by atoms with E-state index in [-0.39, 0.29) is 36.2 Å². The first-order valence-electron chi connectivity index (χ1n) is 15.6. The molecule has 9 nitrogen and oxygen atoms in total. The summed E-state index contributed by atoms with van der Waals surface area (Å²) >= 11 is 0. The minimum absolute atomic E-state index is 0.108. The Labute approximate surface area is 262 Å². The van der Waals surface area contributed by atoms with Gasteiger partial charge in [-0.2, -0.15) is 4.98 Å². The maximum absolute atomic E-state index is 15.0. The minimum atomic E-state index is -0.432. The number of anilines is 1. The molecule has 8 rings (SSSR count). The zero-order valence-corrected chi connectivity index (χ0v) is 26.5. The number of aromatic nitrogens is 4. The molecule has 3 fully saturated rings. The van der Waals surface area contributed by atoms with Gasteiger partial charge in [-0.3, -0.25) is 9.36 Å². The summed E-state index contributed by atoms with van der Waals surface area (Å²) in [7, 11) is 2.56. The van der Waals surface area contributed by atoms with Gasteiger partial charge in [0.2, 0.25) is 5.91 Å². The summed E-state index contributed by atoms with van der Waals surface area (Å²) in [5.74, 6) is 1.17. The number of hydrogen-bond donors (Lipinski definition) is 0. The molecule has 2 atom stereocenters. The third-order valence-electron chi connectivity index (χ3n) is 9.63. The maximum atomic E-state index is 15.0. The van der Waals surface area contributed by atoms with E-state index in [0.29, 0.717) is 42.0 Å². The van der Waals surface area contributed by atoms with Gasteiger partial charge in [0.15, 0.2) is 5.75 Å². The van der Waals surface area contributed by atoms with Crippen molar-refractivity contribution in [3.63, 3.8) is 0 Å². The van der Waals surface area contributed by atoms with Crippen molar-refractivity contribution < 1.29 is 13.9 Å². The second-order valence-electron chi connectivity index (χ2n) is 12.7. The number of ether oxygens (including phenoxy) is 1. The Kier molecular flexibility index (Phi) is 6.57. The van der Waals surface area contributed by atoms with Gasteiger partial charge in [0, 0.05) is 59.3 Å². The van der Waals surface area contributed by atoms with Crippen LogP contribution >= 0.6 is 9.24 Å². The van der Waals surface area contributed by atoms with E-state index in [1.807, 2.05) is 19.9 Å². The topological polar surface area (TPSA) is 93.5 Å². The van der Waals surface area contributed by atoms with Gasteiger partial charge >= 0.3 is 5.69 Å². The van der Waals surface area contributed by atoms with Gasteiger partial charge in [0.1, 0.15) is 30.1 Å². The zero-order chi connectivity index (χ0) is 31.1. The standard InChI is InChI=1S/C34H34FN6O3P/c1-4-24(42)39-11-12-40(18(3)14-39)33-22-13-17(2)25-26-21(9-10-23(35)32(26)45)15-44-31(25)29(22)41(34(43)38-33)30-27(19-5-6-19)36-16-37-28(30)20-7-8-20/h4,9-10,13,16,18-20H,1,5-8,11-12,14-15,45H2,2-3H3/t18-/m0/s1. The molecule has 4 heterocycles. The normalized spacial score (nSPS) is 19.2. The minimum Gasteiger partial charge on any atom is -0.486 e. The number of nitrogens with zero attached hydrogens (tertiary/aromatic N) is 6. The highest BCUT2D eigenvalue weighted by Crippen LogP contribution is 2.50. The Hall–Kier alpha value is -4.17. The molecule has 0 N–H and O–H groups in total. The predicted octanol–water partition coefficient (Wildman–Crippen LogP) is 4.66. The lowest BCUT2D eigenvalue weighted by Gasteiger charge is -2.40. The van der Waals surface area contributed by atoms with Gasteiger partial charge in [0.25, 0.3) is 0 Å². The molecule has 0 radical (unpaired) electrons. The van der Waals surface area contributed by atoms with Gasteiger partial charge in [0.05, 0.1) is 17.1 Å². The summed E-state index contributed by atoms with van der Waals surface area (Å²) < 4.78 is 23.3. The molecule has 2 aromatic heterocycles. The number of amides is 1. The fourth-order valence-corrected chi connectivity index (χ4v) is 7.52. The highest BCUT2D eigenvalue weighted by Gasteiger charge is 2.38. The van der Waals surface area contributed by atoms with Gasteiger partial charge in [-0.25, -0.2) is 19.2 Å². The smallest absolute Gasteiger partial charge is 0.354 e. The second-order valence-corrected chi connectivity index (χ2v) is 13.3. The van der Waals surface area contributed by atoms with E-state index in [2.05, 4.69) is 20.7 Å². The monoisotopic (exact) mass is 624 g/mol. The Morgan fingerprint density at radius 1 is 1.11 bits per heavy atom. The number of rotatable bonds is 5. The number of piperazine rings is 1. The number of carbonyl (C=O) groups is 1. The predicted molar refractivity (Wildman–Crippen MR) is 174 cm³/mol. The summed E-state index contributed by atoms with van der Waals surface area (Å²) in [4.78, 5) is 45.1. The third-order valence-corrected chi connectivity index (χ3v) is 10.2. The summed E-state index contributed by atoms with van der Waals surface area (Å²) in [5, 5.41) is 1.23. The first kappa shape index (κ1) is 28.3. The van der Waals surface area contributed by atoms with Crippen molar-refractivity contribution >= 4 is 37.2 Å². The van der Waals surface area contributed by atoms with Crippen molar-refractivity contribution in [2.45, 2.75) is 64.0 Å². The van der Waals surface area contributed by atoms with Crippen molar-refractivity contribution in [1.29, 1.82) is 0 Å². The number of halogens is 1. The van der Waals surface area contributed by atoms with Crippen LogP contribution in [0.4, 0.5) is 10.2 Å². The third kappa shape index (κ3) is 4.48. The van der Waals surface area contributed by atoms with Crippen LogP contribution in [0, 0.1) is 12.7 Å². The van der Waals surface area contributed by atoms with Crippen molar-refractivity contribution in [3.8, 4) is 22.6 Å². The number of benzene rings is 2. The van der Waals surface area contributed by atoms with E-state index in [1.54, 1.807) is 21.9 Å². The molecule has 1 saturated heterocycles. The van der Waals surface area contributed by atoms with Crippen LogP contribution < -0.4 is 20.6 Å². The SMILES string of the molecule is C=CC(=O)N1CCN(c2nc(=O)n(-c3c(C4CC4)ncnc3C3CC3)c3c4c(c(C)cc23)-c2c(ccc(F)c2P)CO4)[C@@H](C)C1. The van der Waals surface area contributed by atoms with Crippen molar-refractivity contribution in [1.82, 2.24) is 24.4 Å². The van der Waals surface area contributed by atoms with Gasteiger partial charge in [-0.15, -0.1) is 9.24 Å². The molecule has 4 aromatic rings. The molecular formula is C34H34FN6O3P. The zero-order valence-electron chi connectivity index (χ0n) is 25.3. The van der Waals surface area contributed by atoms with Gasteiger partial charge < -0.3 is 14.5 Å². The Balaban J connectivity index is 1.44.